The Hall–Kier alpha value is -2.16. The molecule has 3 aliphatic heterocycles. The van der Waals surface area contributed by atoms with E-state index in [-0.39, 0.29) is 29.9 Å². The summed E-state index contributed by atoms with van der Waals surface area (Å²) in [6.45, 7) is 5.78. The highest BCUT2D eigenvalue weighted by molar-refractivity contribution is 5.83. The van der Waals surface area contributed by atoms with Crippen molar-refractivity contribution in [2.24, 2.45) is 0 Å². The van der Waals surface area contributed by atoms with Crippen LogP contribution in [-0.4, -0.2) is 98.1 Å². The van der Waals surface area contributed by atoms with Gasteiger partial charge in [0.2, 0.25) is 11.8 Å². The predicted molar refractivity (Wildman–Crippen MR) is 119 cm³/mol. The maximum absolute atomic E-state index is 12.7. The van der Waals surface area contributed by atoms with E-state index in [9.17, 15) is 9.59 Å². The van der Waals surface area contributed by atoms with Gasteiger partial charge in [0.05, 0.1) is 13.2 Å². The van der Waals surface area contributed by atoms with Crippen LogP contribution in [-0.2, 0) is 16.1 Å². The Balaban J connectivity index is 1.28. The molecule has 0 saturated carbocycles. The lowest BCUT2D eigenvalue weighted by molar-refractivity contribution is -0.133. The van der Waals surface area contributed by atoms with Crippen molar-refractivity contribution >= 4 is 11.8 Å². The monoisotopic (exact) mass is 429 g/mol. The number of nitrogens with one attached hydrogen (secondary N) is 2. The van der Waals surface area contributed by atoms with Gasteiger partial charge in [-0.1, -0.05) is 12.1 Å². The SMILES string of the molecule is COc1ccc(CN[C@H]2C[C@@H]3C(=O)NC[C@H](CCC(=O)N4CCN(C)CC4)N3C2)cc1. The second-order valence-electron chi connectivity index (χ2n) is 9.00. The van der Waals surface area contributed by atoms with E-state index in [0.717, 1.165) is 57.9 Å². The fraction of sp³-hybridized carbons (Fsp3) is 0.652. The summed E-state index contributed by atoms with van der Waals surface area (Å²) in [6.07, 6.45) is 2.16. The van der Waals surface area contributed by atoms with Gasteiger partial charge >= 0.3 is 0 Å². The lowest BCUT2D eigenvalue weighted by Gasteiger charge is -2.38. The fourth-order valence-corrected chi connectivity index (χ4v) is 4.90. The average molecular weight is 430 g/mol. The molecule has 3 saturated heterocycles. The van der Waals surface area contributed by atoms with Crippen molar-refractivity contribution in [3.05, 3.63) is 29.8 Å². The molecule has 0 aromatic heterocycles. The largest absolute Gasteiger partial charge is 0.497 e. The highest BCUT2D eigenvalue weighted by Gasteiger charge is 2.43. The molecular weight excluding hydrogens is 394 g/mol. The van der Waals surface area contributed by atoms with Gasteiger partial charge in [-0.2, -0.15) is 0 Å². The van der Waals surface area contributed by atoms with E-state index in [1.165, 1.54) is 5.56 Å². The first-order valence-corrected chi connectivity index (χ1v) is 11.4. The molecule has 1 aromatic carbocycles. The molecule has 3 atom stereocenters. The summed E-state index contributed by atoms with van der Waals surface area (Å²) in [4.78, 5) is 31.7. The summed E-state index contributed by atoms with van der Waals surface area (Å²) in [5.74, 6) is 1.22. The van der Waals surface area contributed by atoms with Crippen LogP contribution in [0.2, 0.25) is 0 Å². The van der Waals surface area contributed by atoms with Gasteiger partial charge in [0.15, 0.2) is 0 Å². The van der Waals surface area contributed by atoms with Crippen molar-refractivity contribution in [2.75, 3.05) is 53.4 Å². The Morgan fingerprint density at radius 1 is 1.19 bits per heavy atom. The number of methoxy groups -OCH3 is 1. The van der Waals surface area contributed by atoms with E-state index in [0.29, 0.717) is 13.0 Å². The number of piperazine rings is 2. The number of nitrogens with zero attached hydrogens (tertiary/aromatic N) is 3. The molecule has 3 heterocycles. The average Bonchev–Trinajstić information content (AvgIpc) is 3.23. The van der Waals surface area contributed by atoms with Crippen LogP contribution in [0.25, 0.3) is 0 Å². The smallest absolute Gasteiger partial charge is 0.237 e. The summed E-state index contributed by atoms with van der Waals surface area (Å²) in [5, 5.41) is 6.68. The van der Waals surface area contributed by atoms with Crippen molar-refractivity contribution in [3.63, 3.8) is 0 Å². The van der Waals surface area contributed by atoms with E-state index in [1.54, 1.807) is 7.11 Å². The number of carbonyl (C=O) groups excluding carboxylic acids is 2. The lowest BCUT2D eigenvalue weighted by Crippen LogP contribution is -2.58. The molecular formula is C23H35N5O3. The molecule has 8 heteroatoms. The van der Waals surface area contributed by atoms with Crippen LogP contribution in [0.5, 0.6) is 5.75 Å². The van der Waals surface area contributed by atoms with Crippen LogP contribution in [0.3, 0.4) is 0 Å². The highest BCUT2D eigenvalue weighted by Crippen LogP contribution is 2.26. The van der Waals surface area contributed by atoms with E-state index < -0.39 is 0 Å². The Morgan fingerprint density at radius 3 is 2.65 bits per heavy atom. The quantitative estimate of drug-likeness (QED) is 0.649. The zero-order valence-corrected chi connectivity index (χ0v) is 18.7. The molecule has 31 heavy (non-hydrogen) atoms. The minimum atomic E-state index is -0.0918. The third-order valence-corrected chi connectivity index (χ3v) is 6.92. The molecule has 3 fully saturated rings. The zero-order chi connectivity index (χ0) is 21.8. The third-order valence-electron chi connectivity index (χ3n) is 6.92. The molecule has 2 amide bonds. The Bertz CT molecular complexity index is 763. The van der Waals surface area contributed by atoms with Crippen LogP contribution in [0, 0.1) is 0 Å². The van der Waals surface area contributed by atoms with Crippen molar-refractivity contribution in [1.82, 2.24) is 25.3 Å². The van der Waals surface area contributed by atoms with Crippen molar-refractivity contribution < 1.29 is 14.3 Å². The van der Waals surface area contributed by atoms with Gasteiger partial charge in [-0.05, 0) is 37.6 Å². The number of likely N-dealkylation sites (N-methyl/N-ethyl adjacent to an activating group) is 1. The molecule has 0 radical (unpaired) electrons. The zero-order valence-electron chi connectivity index (χ0n) is 18.7. The molecule has 0 aliphatic carbocycles. The molecule has 0 unspecified atom stereocenters. The molecule has 2 N–H and O–H groups in total. The van der Waals surface area contributed by atoms with Gasteiger partial charge in [-0.25, -0.2) is 0 Å². The number of hydrogen-bond donors (Lipinski definition) is 2. The summed E-state index contributed by atoms with van der Waals surface area (Å²) < 4.78 is 5.22. The first-order valence-electron chi connectivity index (χ1n) is 11.4. The minimum Gasteiger partial charge on any atom is -0.497 e. The second-order valence-corrected chi connectivity index (χ2v) is 9.00. The Morgan fingerprint density at radius 2 is 1.94 bits per heavy atom. The standard InChI is InChI=1S/C23H35N5O3/c1-26-9-11-27(12-10-26)22(29)8-5-19-15-25-23(30)21-13-18(16-28(19)21)24-14-17-3-6-20(31-2)7-4-17/h3-4,6-7,18-19,21,24H,5,8-16H2,1-2H3,(H,25,30)/t18-,19-,21+/m0/s1. The number of hydrogen-bond acceptors (Lipinski definition) is 6. The Labute approximate surface area is 184 Å². The molecule has 4 rings (SSSR count). The maximum Gasteiger partial charge on any atom is 0.237 e. The van der Waals surface area contributed by atoms with Crippen molar-refractivity contribution in [3.8, 4) is 5.75 Å². The van der Waals surface area contributed by atoms with E-state index >= 15 is 0 Å². The minimum absolute atomic E-state index is 0.0918. The van der Waals surface area contributed by atoms with Gasteiger partial charge in [-0.15, -0.1) is 0 Å². The van der Waals surface area contributed by atoms with Gasteiger partial charge in [0.25, 0.3) is 0 Å². The van der Waals surface area contributed by atoms with Crippen LogP contribution >= 0.6 is 0 Å². The number of carbonyl (C=O) groups is 2. The number of fused-ring (bicyclic) bond motifs is 1. The second kappa shape index (κ2) is 9.97. The molecule has 170 valence electrons. The molecule has 8 nitrogen and oxygen atoms in total. The predicted octanol–water partition coefficient (Wildman–Crippen LogP) is 0.280. The molecule has 0 spiro atoms. The summed E-state index contributed by atoms with van der Waals surface area (Å²) in [6, 6.07) is 8.47. The first kappa shape index (κ1) is 22.0. The van der Waals surface area contributed by atoms with Crippen LogP contribution in [0.1, 0.15) is 24.8 Å². The normalized spacial score (nSPS) is 27.1. The van der Waals surface area contributed by atoms with Crippen LogP contribution in [0.15, 0.2) is 24.3 Å². The molecule has 0 bridgehead atoms. The van der Waals surface area contributed by atoms with Gasteiger partial charge in [-0.3, -0.25) is 14.5 Å². The number of benzene rings is 1. The Kier molecular flexibility index (Phi) is 7.09. The van der Waals surface area contributed by atoms with Gasteiger partial charge in [0.1, 0.15) is 5.75 Å². The first-order chi connectivity index (χ1) is 15.0. The van der Waals surface area contributed by atoms with E-state index in [2.05, 4.69) is 39.6 Å². The van der Waals surface area contributed by atoms with Gasteiger partial charge in [0, 0.05) is 64.3 Å². The lowest BCUT2D eigenvalue weighted by atomic mass is 10.0. The number of rotatable bonds is 7. The van der Waals surface area contributed by atoms with Crippen molar-refractivity contribution in [2.45, 2.75) is 43.9 Å². The van der Waals surface area contributed by atoms with Gasteiger partial charge < -0.3 is 25.2 Å². The van der Waals surface area contributed by atoms with E-state index in [4.69, 9.17) is 4.74 Å². The number of ether oxygens (including phenoxy) is 1. The molecule has 1 aromatic rings. The fourth-order valence-electron chi connectivity index (χ4n) is 4.90. The summed E-state index contributed by atoms with van der Waals surface area (Å²) in [7, 11) is 3.77. The third kappa shape index (κ3) is 5.37. The number of amides is 2. The highest BCUT2D eigenvalue weighted by atomic mass is 16.5. The van der Waals surface area contributed by atoms with E-state index in [1.807, 2.05) is 17.0 Å². The summed E-state index contributed by atoms with van der Waals surface area (Å²) in [5.41, 5.74) is 1.20. The van der Waals surface area contributed by atoms with Crippen molar-refractivity contribution in [1.29, 1.82) is 0 Å². The van der Waals surface area contributed by atoms with Crippen LogP contribution < -0.4 is 15.4 Å². The topological polar surface area (TPSA) is 77.1 Å². The maximum atomic E-state index is 12.7. The summed E-state index contributed by atoms with van der Waals surface area (Å²) >= 11 is 0. The molecule has 3 aliphatic rings. The van der Waals surface area contributed by atoms with Crippen LogP contribution in [0.4, 0.5) is 0 Å².